The summed E-state index contributed by atoms with van der Waals surface area (Å²) >= 11 is 4.74. The second kappa shape index (κ2) is 5.19. The first-order valence-electron chi connectivity index (χ1n) is 5.86. The first kappa shape index (κ1) is 13.8. The van der Waals surface area contributed by atoms with E-state index in [1.807, 2.05) is 6.92 Å². The Balaban J connectivity index is 2.11. The largest absolute Gasteiger partial charge is 0.495 e. The number of nitrogens with two attached hydrogens (primary N) is 1. The van der Waals surface area contributed by atoms with E-state index in [0.29, 0.717) is 23.1 Å². The highest BCUT2D eigenvalue weighted by Gasteiger charge is 2.41. The normalized spacial score (nSPS) is 18.2. The summed E-state index contributed by atoms with van der Waals surface area (Å²) in [5.41, 5.74) is 5.50. The molecule has 1 fully saturated rings. The molecule has 18 heavy (non-hydrogen) atoms. The highest BCUT2D eigenvalue weighted by atomic mass is 79.9. The third kappa shape index (κ3) is 2.70. The van der Waals surface area contributed by atoms with Gasteiger partial charge in [0.05, 0.1) is 17.5 Å². The number of ether oxygens (including phenoxy) is 1. The number of nitrogens with one attached hydrogen (secondary N) is 1. The van der Waals surface area contributed by atoms with Gasteiger partial charge in [0.25, 0.3) is 5.91 Å². The predicted octanol–water partition coefficient (Wildman–Crippen LogP) is 2.38. The Labute approximate surface area is 119 Å². The van der Waals surface area contributed by atoms with E-state index in [4.69, 9.17) is 10.5 Å². The first-order chi connectivity index (χ1) is 8.50. The van der Waals surface area contributed by atoms with E-state index in [9.17, 15) is 4.79 Å². The number of hydrogen-bond acceptors (Lipinski definition) is 4. The fourth-order valence-electron chi connectivity index (χ4n) is 1.96. The van der Waals surface area contributed by atoms with Gasteiger partial charge in [0.15, 0.2) is 0 Å². The zero-order valence-corrected chi connectivity index (χ0v) is 12.9. The molecule has 0 aliphatic heterocycles. The highest BCUT2D eigenvalue weighted by Crippen LogP contribution is 2.40. The molecule has 1 amide bonds. The average molecular weight is 333 g/mol. The molecule has 1 unspecified atom stereocenters. The third-order valence-corrected chi connectivity index (χ3v) is 5.18. The van der Waals surface area contributed by atoms with Gasteiger partial charge in [0, 0.05) is 12.6 Å². The summed E-state index contributed by atoms with van der Waals surface area (Å²) in [5.74, 6) is 1.12. The molecule has 0 spiro atoms. The number of carbonyl (C=O) groups is 1. The highest BCUT2D eigenvalue weighted by molar-refractivity contribution is 9.11. The number of methoxy groups -OCH3 is 1. The van der Waals surface area contributed by atoms with Crippen LogP contribution in [-0.2, 0) is 0 Å². The van der Waals surface area contributed by atoms with Crippen molar-refractivity contribution in [1.82, 2.24) is 5.32 Å². The minimum atomic E-state index is -0.291. The number of amides is 1. The van der Waals surface area contributed by atoms with Crippen molar-refractivity contribution in [1.29, 1.82) is 0 Å². The second-order valence-corrected chi connectivity index (χ2v) is 7.17. The molecular weight excluding hydrogens is 316 g/mol. The molecule has 1 aliphatic carbocycles. The standard InChI is InChI=1S/C12H17BrN2O2S/c1-12(6-14,7-3-4-7)15-11(16)9-5-8(17-2)10(13)18-9/h5,7H,3-4,6,14H2,1-2H3,(H,15,16). The fraction of sp³-hybridized carbons (Fsp3) is 0.583. The van der Waals surface area contributed by atoms with Crippen LogP contribution in [0.3, 0.4) is 0 Å². The van der Waals surface area contributed by atoms with Crippen LogP contribution in [0.4, 0.5) is 0 Å². The fourth-order valence-corrected chi connectivity index (χ4v) is 3.51. The third-order valence-electron chi connectivity index (χ3n) is 3.40. The Morgan fingerprint density at radius 3 is 2.83 bits per heavy atom. The van der Waals surface area contributed by atoms with Gasteiger partial charge >= 0.3 is 0 Å². The minimum absolute atomic E-state index is 0.0798. The lowest BCUT2D eigenvalue weighted by Crippen LogP contribution is -2.53. The number of halogens is 1. The summed E-state index contributed by atoms with van der Waals surface area (Å²) in [5, 5.41) is 3.06. The maximum absolute atomic E-state index is 12.2. The van der Waals surface area contributed by atoms with Crippen molar-refractivity contribution in [3.63, 3.8) is 0 Å². The van der Waals surface area contributed by atoms with Gasteiger partial charge in [-0.25, -0.2) is 0 Å². The van der Waals surface area contributed by atoms with Crippen LogP contribution >= 0.6 is 27.3 Å². The van der Waals surface area contributed by atoms with Gasteiger partial charge in [-0.1, -0.05) is 0 Å². The van der Waals surface area contributed by atoms with Gasteiger partial charge in [0.2, 0.25) is 0 Å². The van der Waals surface area contributed by atoms with Crippen LogP contribution in [0, 0.1) is 5.92 Å². The van der Waals surface area contributed by atoms with Gasteiger partial charge in [-0.15, -0.1) is 11.3 Å². The maximum Gasteiger partial charge on any atom is 0.262 e. The molecule has 0 radical (unpaired) electrons. The van der Waals surface area contributed by atoms with Crippen LogP contribution < -0.4 is 15.8 Å². The molecule has 0 bridgehead atoms. The van der Waals surface area contributed by atoms with Gasteiger partial charge < -0.3 is 15.8 Å². The summed E-state index contributed by atoms with van der Waals surface area (Å²) in [6, 6.07) is 1.74. The van der Waals surface area contributed by atoms with Crippen molar-refractivity contribution in [2.45, 2.75) is 25.3 Å². The zero-order valence-electron chi connectivity index (χ0n) is 10.5. The average Bonchev–Trinajstić information content (AvgIpc) is 3.13. The molecule has 1 atom stereocenters. The molecule has 1 aromatic heterocycles. The minimum Gasteiger partial charge on any atom is -0.495 e. The maximum atomic E-state index is 12.2. The van der Waals surface area contributed by atoms with Gasteiger partial charge in [-0.05, 0) is 41.6 Å². The molecule has 1 heterocycles. The molecule has 3 N–H and O–H groups in total. The van der Waals surface area contributed by atoms with Crippen molar-refractivity contribution in [3.05, 3.63) is 14.7 Å². The zero-order chi connectivity index (χ0) is 13.3. The topological polar surface area (TPSA) is 64.3 Å². The Morgan fingerprint density at radius 1 is 1.72 bits per heavy atom. The Hall–Kier alpha value is -0.590. The van der Waals surface area contributed by atoms with Crippen molar-refractivity contribution in [3.8, 4) is 5.75 Å². The lowest BCUT2D eigenvalue weighted by atomic mass is 9.96. The monoisotopic (exact) mass is 332 g/mol. The predicted molar refractivity (Wildman–Crippen MR) is 76.2 cm³/mol. The number of carbonyl (C=O) groups excluding carboxylic acids is 1. The Kier molecular flexibility index (Phi) is 3.99. The molecule has 100 valence electrons. The van der Waals surface area contributed by atoms with Gasteiger partial charge in [-0.3, -0.25) is 4.79 Å². The van der Waals surface area contributed by atoms with Gasteiger partial charge in [0.1, 0.15) is 9.54 Å². The first-order valence-corrected chi connectivity index (χ1v) is 7.47. The summed E-state index contributed by atoms with van der Waals surface area (Å²) in [6.07, 6.45) is 2.29. The van der Waals surface area contributed by atoms with E-state index in [1.165, 1.54) is 11.3 Å². The summed E-state index contributed by atoms with van der Waals surface area (Å²) in [7, 11) is 1.59. The summed E-state index contributed by atoms with van der Waals surface area (Å²) in [6.45, 7) is 2.48. The van der Waals surface area contributed by atoms with E-state index < -0.39 is 0 Å². The van der Waals surface area contributed by atoms with Crippen molar-refractivity contribution >= 4 is 33.2 Å². The van der Waals surface area contributed by atoms with Crippen LogP contribution in [0.1, 0.15) is 29.4 Å². The molecule has 0 saturated heterocycles. The van der Waals surface area contributed by atoms with E-state index in [2.05, 4.69) is 21.2 Å². The molecule has 1 aliphatic rings. The lowest BCUT2D eigenvalue weighted by Gasteiger charge is -2.29. The molecule has 1 saturated carbocycles. The Bertz CT molecular complexity index is 459. The van der Waals surface area contributed by atoms with Gasteiger partial charge in [-0.2, -0.15) is 0 Å². The molecule has 4 nitrogen and oxygen atoms in total. The quantitative estimate of drug-likeness (QED) is 0.870. The van der Waals surface area contributed by atoms with E-state index in [0.717, 1.165) is 16.6 Å². The van der Waals surface area contributed by atoms with Crippen molar-refractivity contribution in [2.24, 2.45) is 11.7 Å². The Morgan fingerprint density at radius 2 is 2.39 bits per heavy atom. The van der Waals surface area contributed by atoms with Crippen LogP contribution in [0.5, 0.6) is 5.75 Å². The molecule has 6 heteroatoms. The number of rotatable bonds is 5. The molecule has 0 aromatic carbocycles. The molecule has 2 rings (SSSR count). The number of thiophene rings is 1. The van der Waals surface area contributed by atoms with E-state index in [-0.39, 0.29) is 11.4 Å². The van der Waals surface area contributed by atoms with Crippen molar-refractivity contribution < 1.29 is 9.53 Å². The second-order valence-electron chi connectivity index (χ2n) is 4.80. The van der Waals surface area contributed by atoms with Crippen LogP contribution in [0.25, 0.3) is 0 Å². The van der Waals surface area contributed by atoms with Crippen molar-refractivity contribution in [2.75, 3.05) is 13.7 Å². The smallest absolute Gasteiger partial charge is 0.262 e. The van der Waals surface area contributed by atoms with Crippen LogP contribution in [0.15, 0.2) is 9.85 Å². The summed E-state index contributed by atoms with van der Waals surface area (Å²) in [4.78, 5) is 12.8. The van der Waals surface area contributed by atoms with Crippen LogP contribution in [0.2, 0.25) is 0 Å². The lowest BCUT2D eigenvalue weighted by molar-refractivity contribution is 0.0902. The van der Waals surface area contributed by atoms with E-state index in [1.54, 1.807) is 13.2 Å². The molecule has 1 aromatic rings. The molecular formula is C12H17BrN2O2S. The SMILES string of the molecule is COc1cc(C(=O)NC(C)(CN)C2CC2)sc1Br. The van der Waals surface area contributed by atoms with E-state index >= 15 is 0 Å². The summed E-state index contributed by atoms with van der Waals surface area (Å²) < 4.78 is 5.98. The number of hydrogen-bond donors (Lipinski definition) is 2. The van der Waals surface area contributed by atoms with Crippen LogP contribution in [-0.4, -0.2) is 25.1 Å².